The molecule has 1 aliphatic rings. The molecule has 1 aromatic heterocycles. The van der Waals surface area contributed by atoms with Gasteiger partial charge in [0.05, 0.1) is 12.2 Å². The van der Waals surface area contributed by atoms with E-state index >= 15 is 0 Å². The molecule has 0 unspecified atom stereocenters. The summed E-state index contributed by atoms with van der Waals surface area (Å²) in [6.45, 7) is 3.16. The van der Waals surface area contributed by atoms with E-state index in [0.717, 1.165) is 13.1 Å². The molecule has 1 amide bonds. The summed E-state index contributed by atoms with van der Waals surface area (Å²) in [6, 6.07) is 7.06. The van der Waals surface area contributed by atoms with Gasteiger partial charge in [0.25, 0.3) is 5.91 Å². The van der Waals surface area contributed by atoms with Gasteiger partial charge in [0.15, 0.2) is 11.5 Å². The van der Waals surface area contributed by atoms with E-state index in [2.05, 4.69) is 20.9 Å². The molecule has 7 heteroatoms. The number of hydrogen-bond donors (Lipinski definition) is 2. The number of anilines is 1. The Labute approximate surface area is 121 Å². The zero-order valence-electron chi connectivity index (χ0n) is 11.5. The van der Waals surface area contributed by atoms with Gasteiger partial charge < -0.3 is 10.6 Å². The maximum Gasteiger partial charge on any atom is 0.277 e. The fourth-order valence-electron chi connectivity index (χ4n) is 2.03. The van der Waals surface area contributed by atoms with Gasteiger partial charge in [-0.2, -0.15) is 0 Å². The average Bonchev–Trinajstić information content (AvgIpc) is 2.86. The van der Waals surface area contributed by atoms with Crippen LogP contribution in [-0.4, -0.2) is 39.8 Å². The number of Topliss-reactive ketones (excluding diaryl/α,β-unsaturated/α-hetero) is 1. The van der Waals surface area contributed by atoms with Crippen molar-refractivity contribution >= 4 is 17.4 Å². The van der Waals surface area contributed by atoms with E-state index in [1.165, 1.54) is 6.92 Å². The predicted molar refractivity (Wildman–Crippen MR) is 76.3 cm³/mol. The first kappa shape index (κ1) is 13.4. The average molecular weight is 285 g/mol. The molecule has 108 valence electrons. The largest absolute Gasteiger partial charge is 0.321 e. The third-order valence-electron chi connectivity index (χ3n) is 3.40. The van der Waals surface area contributed by atoms with Crippen molar-refractivity contribution in [2.24, 2.45) is 0 Å². The number of nitrogens with zero attached hydrogens (tertiary/aromatic N) is 3. The van der Waals surface area contributed by atoms with Crippen LogP contribution >= 0.6 is 0 Å². The molecule has 0 spiro atoms. The minimum Gasteiger partial charge on any atom is -0.321 e. The molecule has 2 N–H and O–H groups in total. The van der Waals surface area contributed by atoms with E-state index in [9.17, 15) is 9.59 Å². The van der Waals surface area contributed by atoms with Crippen molar-refractivity contribution in [3.8, 4) is 0 Å². The van der Waals surface area contributed by atoms with Crippen molar-refractivity contribution < 1.29 is 9.59 Å². The van der Waals surface area contributed by atoms with Gasteiger partial charge in [-0.1, -0.05) is 17.3 Å². The van der Waals surface area contributed by atoms with Crippen molar-refractivity contribution in [2.75, 3.05) is 18.4 Å². The molecule has 1 aliphatic heterocycles. The highest BCUT2D eigenvalue weighted by atomic mass is 16.2. The molecular weight excluding hydrogens is 270 g/mol. The van der Waals surface area contributed by atoms with Crippen LogP contribution in [0.4, 0.5) is 5.69 Å². The van der Waals surface area contributed by atoms with Crippen LogP contribution in [-0.2, 0) is 0 Å². The Morgan fingerprint density at radius 1 is 1.38 bits per heavy atom. The topological polar surface area (TPSA) is 88.9 Å². The number of hydrogen-bond acceptors (Lipinski definition) is 5. The van der Waals surface area contributed by atoms with Crippen LogP contribution in [0.5, 0.6) is 0 Å². The Balaban J connectivity index is 1.72. The molecule has 1 fully saturated rings. The summed E-state index contributed by atoms with van der Waals surface area (Å²) in [5, 5.41) is 13.7. The molecule has 0 bridgehead atoms. The second-order valence-corrected chi connectivity index (χ2v) is 4.99. The Morgan fingerprint density at radius 3 is 2.86 bits per heavy atom. The van der Waals surface area contributed by atoms with Gasteiger partial charge in [-0.3, -0.25) is 9.59 Å². The lowest BCUT2D eigenvalue weighted by atomic mass is 10.1. The van der Waals surface area contributed by atoms with Crippen LogP contribution in [0.2, 0.25) is 0 Å². The first-order valence-electron chi connectivity index (χ1n) is 6.68. The maximum absolute atomic E-state index is 12.1. The number of rotatable bonds is 4. The van der Waals surface area contributed by atoms with E-state index < -0.39 is 0 Å². The van der Waals surface area contributed by atoms with Crippen molar-refractivity contribution in [3.63, 3.8) is 0 Å². The standard InChI is InChI=1S/C14H15N5O2/c1-9(20)10-3-2-4-11(5-10)16-14(21)13-8-19(18-17-13)12-6-15-7-12/h2-5,8,12,15H,6-7H2,1H3,(H,16,21). The quantitative estimate of drug-likeness (QED) is 0.814. The zero-order chi connectivity index (χ0) is 14.8. The van der Waals surface area contributed by atoms with E-state index in [1.807, 2.05) is 0 Å². The van der Waals surface area contributed by atoms with Crippen molar-refractivity contribution in [2.45, 2.75) is 13.0 Å². The third kappa shape index (κ3) is 2.82. The van der Waals surface area contributed by atoms with Crippen LogP contribution in [0.15, 0.2) is 30.5 Å². The maximum atomic E-state index is 12.1. The van der Waals surface area contributed by atoms with Gasteiger partial charge in [-0.25, -0.2) is 4.68 Å². The number of amides is 1. The Bertz CT molecular complexity index is 690. The molecule has 3 rings (SSSR count). The highest BCUT2D eigenvalue weighted by Crippen LogP contribution is 2.13. The summed E-state index contributed by atoms with van der Waals surface area (Å²) < 4.78 is 1.69. The van der Waals surface area contributed by atoms with Crippen LogP contribution < -0.4 is 10.6 Å². The molecule has 1 aromatic carbocycles. The molecule has 0 aliphatic carbocycles. The monoisotopic (exact) mass is 285 g/mol. The summed E-state index contributed by atoms with van der Waals surface area (Å²) in [4.78, 5) is 23.4. The van der Waals surface area contributed by atoms with Crippen LogP contribution in [0.1, 0.15) is 33.8 Å². The zero-order valence-corrected chi connectivity index (χ0v) is 11.5. The SMILES string of the molecule is CC(=O)c1cccc(NC(=O)c2cn(C3CNC3)nn2)c1. The number of ketones is 1. The fraction of sp³-hybridized carbons (Fsp3) is 0.286. The lowest BCUT2D eigenvalue weighted by Gasteiger charge is -2.26. The summed E-state index contributed by atoms with van der Waals surface area (Å²) in [5.41, 5.74) is 1.37. The smallest absolute Gasteiger partial charge is 0.277 e. The van der Waals surface area contributed by atoms with Gasteiger partial charge in [-0.15, -0.1) is 5.10 Å². The first-order valence-corrected chi connectivity index (χ1v) is 6.68. The summed E-state index contributed by atoms with van der Waals surface area (Å²) in [6.07, 6.45) is 1.63. The lowest BCUT2D eigenvalue weighted by Crippen LogP contribution is -2.43. The summed E-state index contributed by atoms with van der Waals surface area (Å²) in [7, 11) is 0. The van der Waals surface area contributed by atoms with Crippen LogP contribution in [0.3, 0.4) is 0 Å². The van der Waals surface area contributed by atoms with Crippen molar-refractivity contribution in [1.29, 1.82) is 0 Å². The number of nitrogens with one attached hydrogen (secondary N) is 2. The number of carbonyl (C=O) groups excluding carboxylic acids is 2. The third-order valence-corrected chi connectivity index (χ3v) is 3.40. The molecule has 0 radical (unpaired) electrons. The summed E-state index contributed by atoms with van der Waals surface area (Å²) in [5.74, 6) is -0.385. The van der Waals surface area contributed by atoms with E-state index in [-0.39, 0.29) is 23.4 Å². The highest BCUT2D eigenvalue weighted by molar-refractivity contribution is 6.03. The van der Waals surface area contributed by atoms with Gasteiger partial charge in [0, 0.05) is 24.3 Å². The van der Waals surface area contributed by atoms with E-state index in [4.69, 9.17) is 0 Å². The van der Waals surface area contributed by atoms with Gasteiger partial charge in [0.2, 0.25) is 0 Å². The second kappa shape index (κ2) is 5.45. The molecule has 0 atom stereocenters. The Kier molecular flexibility index (Phi) is 3.49. The second-order valence-electron chi connectivity index (χ2n) is 4.99. The lowest BCUT2D eigenvalue weighted by molar-refractivity contribution is 0.100. The van der Waals surface area contributed by atoms with Gasteiger partial charge >= 0.3 is 0 Å². The van der Waals surface area contributed by atoms with Gasteiger partial charge in [-0.05, 0) is 19.1 Å². The Hall–Kier alpha value is -2.54. The molecule has 1 saturated heterocycles. The predicted octanol–water partition coefficient (Wildman–Crippen LogP) is 0.877. The highest BCUT2D eigenvalue weighted by Gasteiger charge is 2.21. The van der Waals surface area contributed by atoms with Crippen LogP contribution in [0.25, 0.3) is 0 Å². The van der Waals surface area contributed by atoms with Crippen molar-refractivity contribution in [3.05, 3.63) is 41.7 Å². The molecule has 2 aromatic rings. The Morgan fingerprint density at radius 2 is 2.19 bits per heavy atom. The van der Waals surface area contributed by atoms with Crippen molar-refractivity contribution in [1.82, 2.24) is 20.3 Å². The fourth-order valence-corrected chi connectivity index (χ4v) is 2.03. The number of aromatic nitrogens is 3. The summed E-state index contributed by atoms with van der Waals surface area (Å²) >= 11 is 0. The molecular formula is C14H15N5O2. The minimum absolute atomic E-state index is 0.0467. The van der Waals surface area contributed by atoms with Crippen LogP contribution in [0, 0.1) is 0 Å². The minimum atomic E-state index is -0.339. The molecule has 2 heterocycles. The van der Waals surface area contributed by atoms with E-state index in [1.54, 1.807) is 35.1 Å². The van der Waals surface area contributed by atoms with Gasteiger partial charge in [0.1, 0.15) is 0 Å². The molecule has 7 nitrogen and oxygen atoms in total. The molecule has 21 heavy (non-hydrogen) atoms. The number of benzene rings is 1. The first-order chi connectivity index (χ1) is 10.1. The molecule has 0 saturated carbocycles. The number of carbonyl (C=O) groups is 2. The normalized spacial score (nSPS) is 14.5. The van der Waals surface area contributed by atoms with E-state index in [0.29, 0.717) is 11.3 Å².